The molecule has 4 aromatic rings. The Balaban J connectivity index is 1.60. The van der Waals surface area contributed by atoms with Gasteiger partial charge in [0.1, 0.15) is 28.4 Å². The quantitative estimate of drug-likeness (QED) is 0.337. The number of carbonyl (C=O) groups is 2. The number of anilines is 3. The predicted molar refractivity (Wildman–Crippen MR) is 151 cm³/mol. The Labute approximate surface area is 243 Å². The number of hydrogen-bond acceptors (Lipinski definition) is 10. The largest absolute Gasteiger partial charge is 0.443 e. The normalized spacial score (nSPS) is 19.4. The van der Waals surface area contributed by atoms with Crippen LogP contribution in [-0.4, -0.2) is 63.5 Å². The van der Waals surface area contributed by atoms with Crippen molar-refractivity contribution in [2.24, 2.45) is 0 Å². The van der Waals surface area contributed by atoms with E-state index in [0.717, 1.165) is 6.07 Å². The minimum atomic E-state index is -3.11. The van der Waals surface area contributed by atoms with Crippen molar-refractivity contribution in [3.63, 3.8) is 0 Å². The molecule has 5 rings (SSSR count). The van der Waals surface area contributed by atoms with E-state index < -0.39 is 55.1 Å². The van der Waals surface area contributed by atoms with Crippen molar-refractivity contribution in [1.29, 1.82) is 0 Å². The summed E-state index contributed by atoms with van der Waals surface area (Å²) in [4.78, 5) is 49.1. The van der Waals surface area contributed by atoms with Crippen molar-refractivity contribution in [1.82, 2.24) is 25.0 Å². The second-order valence-corrected chi connectivity index (χ2v) is 10.3. The lowest BCUT2D eigenvalue weighted by Crippen LogP contribution is -2.51. The molecule has 2 atom stereocenters. The van der Waals surface area contributed by atoms with Crippen LogP contribution in [0.3, 0.4) is 0 Å². The van der Waals surface area contributed by atoms with E-state index in [-0.39, 0.29) is 28.2 Å². The van der Waals surface area contributed by atoms with Gasteiger partial charge in [-0.05, 0) is 57.9 Å². The summed E-state index contributed by atoms with van der Waals surface area (Å²) in [5, 5.41) is 9.36. The third-order valence-electron chi connectivity index (χ3n) is 6.22. The number of nitrogens with zero attached hydrogens (tertiary/aromatic N) is 5. The fourth-order valence-corrected chi connectivity index (χ4v) is 4.11. The minimum Gasteiger partial charge on any atom is -0.443 e. The summed E-state index contributed by atoms with van der Waals surface area (Å²) in [5.74, 6) is -1.12. The summed E-state index contributed by atoms with van der Waals surface area (Å²) in [5.41, 5.74) is -2.51. The van der Waals surface area contributed by atoms with Gasteiger partial charge in [0, 0.05) is 36.6 Å². The smallest absolute Gasteiger partial charge is 0.414 e. The number of nitrogens with one attached hydrogen (secondary N) is 2. The molecular weight excluding hydrogens is 530 g/mol. The molecule has 1 fully saturated rings. The standard InChI is InChI=1S/C28H31N7O6/c1-28(2,3)40-27(38)34(4)18-15-20(30-17-9-8-14-35(26(17)37)21-10-6-7-13-29-21)32-23-22(18)33-41-24(23)25(36)31-16-11-12-19(16)39-5/h6-10,13-16,19H,11-12H2,1-5H3,(H,30,32)(H,31,36)/t16-,19-/m1/s1/i4D3,5D3. The van der Waals surface area contributed by atoms with Crippen molar-refractivity contribution >= 4 is 40.2 Å². The van der Waals surface area contributed by atoms with E-state index in [2.05, 4.69) is 25.8 Å². The fourth-order valence-electron chi connectivity index (χ4n) is 4.11. The predicted octanol–water partition coefficient (Wildman–Crippen LogP) is 3.79. The average Bonchev–Trinajstić information content (AvgIpc) is 3.38. The molecule has 1 saturated carbocycles. The number of hydrogen-bond donors (Lipinski definition) is 2. The van der Waals surface area contributed by atoms with Crippen LogP contribution in [0.2, 0.25) is 0 Å². The molecule has 4 aromatic heterocycles. The minimum absolute atomic E-state index is 0.00441. The highest BCUT2D eigenvalue weighted by Crippen LogP contribution is 2.32. The van der Waals surface area contributed by atoms with Crippen molar-refractivity contribution in [2.45, 2.75) is 51.4 Å². The van der Waals surface area contributed by atoms with Crippen LogP contribution in [0.1, 0.15) is 52.4 Å². The first-order valence-corrected chi connectivity index (χ1v) is 12.6. The molecule has 1 aliphatic carbocycles. The molecule has 41 heavy (non-hydrogen) atoms. The van der Waals surface area contributed by atoms with Crippen LogP contribution in [0.4, 0.5) is 22.0 Å². The van der Waals surface area contributed by atoms with E-state index in [0.29, 0.717) is 23.6 Å². The summed E-state index contributed by atoms with van der Waals surface area (Å²) in [7, 11) is -2.67. The van der Waals surface area contributed by atoms with Gasteiger partial charge in [-0.15, -0.1) is 0 Å². The number of pyridine rings is 3. The van der Waals surface area contributed by atoms with Crippen LogP contribution >= 0.6 is 0 Å². The number of methoxy groups -OCH3 is 1. The van der Waals surface area contributed by atoms with E-state index in [1.165, 1.54) is 23.0 Å². The van der Waals surface area contributed by atoms with Crippen LogP contribution < -0.4 is 21.1 Å². The Bertz CT molecular complexity index is 1850. The molecule has 1 aliphatic rings. The lowest BCUT2D eigenvalue weighted by Gasteiger charge is -2.35. The fraction of sp³-hybridized carbons (Fsp3) is 0.357. The van der Waals surface area contributed by atoms with Crippen molar-refractivity contribution in [3.05, 3.63) is 64.9 Å². The highest BCUT2D eigenvalue weighted by Gasteiger charge is 2.34. The van der Waals surface area contributed by atoms with Crippen LogP contribution in [-0.2, 0) is 9.47 Å². The van der Waals surface area contributed by atoms with Gasteiger partial charge in [-0.3, -0.25) is 19.1 Å². The van der Waals surface area contributed by atoms with Gasteiger partial charge in [-0.25, -0.2) is 14.8 Å². The number of aromatic nitrogens is 4. The van der Waals surface area contributed by atoms with E-state index in [1.54, 1.807) is 45.0 Å². The van der Waals surface area contributed by atoms with Gasteiger partial charge >= 0.3 is 6.09 Å². The maximum atomic E-state index is 13.4. The van der Waals surface area contributed by atoms with E-state index in [4.69, 9.17) is 22.2 Å². The number of ether oxygens (including phenoxy) is 2. The second kappa shape index (κ2) is 11.0. The van der Waals surface area contributed by atoms with Crippen molar-refractivity contribution < 1.29 is 31.8 Å². The van der Waals surface area contributed by atoms with Crippen molar-refractivity contribution in [2.75, 3.05) is 24.2 Å². The summed E-state index contributed by atoms with van der Waals surface area (Å²) in [6, 6.07) is 8.53. The molecule has 0 radical (unpaired) electrons. The van der Waals surface area contributed by atoms with E-state index in [1.807, 2.05) is 0 Å². The Morgan fingerprint density at radius 3 is 2.73 bits per heavy atom. The highest BCUT2D eigenvalue weighted by atomic mass is 16.6. The monoisotopic (exact) mass is 567 g/mol. The third-order valence-corrected chi connectivity index (χ3v) is 6.22. The Morgan fingerprint density at radius 2 is 2.05 bits per heavy atom. The molecule has 0 unspecified atom stereocenters. The van der Waals surface area contributed by atoms with Gasteiger partial charge in [0.05, 0.1) is 21.9 Å². The molecule has 0 aliphatic heterocycles. The van der Waals surface area contributed by atoms with Crippen molar-refractivity contribution in [3.8, 4) is 5.82 Å². The van der Waals surface area contributed by atoms with Crippen LogP contribution in [0.5, 0.6) is 0 Å². The van der Waals surface area contributed by atoms with Gasteiger partial charge in [0.2, 0.25) is 5.76 Å². The summed E-state index contributed by atoms with van der Waals surface area (Å²) < 4.78 is 63.6. The maximum Gasteiger partial charge on any atom is 0.414 e. The number of carbonyl (C=O) groups excluding carboxylic acids is 2. The number of amides is 2. The number of fused-ring (bicyclic) bond motifs is 1. The third kappa shape index (κ3) is 5.75. The molecule has 13 nitrogen and oxygen atoms in total. The lowest BCUT2D eigenvalue weighted by atomic mass is 9.89. The average molecular weight is 568 g/mol. The molecule has 4 heterocycles. The SMILES string of the molecule is [2H]C([2H])([2H])O[C@@H]1CC[C@H]1NC(=O)c1onc2c(N(C(=O)OC(C)(C)C)C([2H])([2H])[2H])cc(Nc3cccn(-c4ccccn4)c3=O)nc12. The number of rotatable bonds is 7. The Hall–Kier alpha value is -4.78. The summed E-state index contributed by atoms with van der Waals surface area (Å²) in [6.45, 7) is 1.56. The zero-order valence-electron chi connectivity index (χ0n) is 28.4. The molecule has 2 amide bonds. The van der Waals surface area contributed by atoms with Gasteiger partial charge in [-0.2, -0.15) is 0 Å². The topological polar surface area (TPSA) is 154 Å². The first kappa shape index (κ1) is 21.0. The van der Waals surface area contributed by atoms with Gasteiger partial charge in [0.15, 0.2) is 5.52 Å². The molecule has 2 N–H and O–H groups in total. The molecular formula is C28H31N7O6. The van der Waals surface area contributed by atoms with E-state index in [9.17, 15) is 14.4 Å². The zero-order chi connectivity index (χ0) is 34.3. The first-order chi connectivity index (χ1) is 21.9. The molecule has 0 saturated heterocycles. The summed E-state index contributed by atoms with van der Waals surface area (Å²) >= 11 is 0. The van der Waals surface area contributed by atoms with Gasteiger partial charge in [-0.1, -0.05) is 11.2 Å². The van der Waals surface area contributed by atoms with E-state index >= 15 is 0 Å². The maximum absolute atomic E-state index is 13.4. The molecule has 0 spiro atoms. The highest BCUT2D eigenvalue weighted by molar-refractivity contribution is 6.07. The Morgan fingerprint density at radius 1 is 1.20 bits per heavy atom. The zero-order valence-corrected chi connectivity index (χ0v) is 22.4. The Kier molecular flexibility index (Phi) is 5.64. The van der Waals surface area contributed by atoms with Gasteiger partial charge in [0.25, 0.3) is 11.5 Å². The lowest BCUT2D eigenvalue weighted by molar-refractivity contribution is 0.00677. The molecule has 214 valence electrons. The molecule has 0 bridgehead atoms. The molecule has 13 heteroatoms. The van der Waals surface area contributed by atoms with Crippen LogP contribution in [0.15, 0.2) is 58.1 Å². The first-order valence-electron chi connectivity index (χ1n) is 15.6. The molecule has 0 aromatic carbocycles. The van der Waals surface area contributed by atoms with Gasteiger partial charge < -0.3 is 24.6 Å². The van der Waals surface area contributed by atoms with Crippen LogP contribution in [0.25, 0.3) is 16.9 Å². The summed E-state index contributed by atoms with van der Waals surface area (Å²) in [6.07, 6.45) is 1.81. The van der Waals surface area contributed by atoms with Crippen LogP contribution in [0, 0.1) is 0 Å². The second-order valence-electron chi connectivity index (χ2n) is 10.3.